The summed E-state index contributed by atoms with van der Waals surface area (Å²) in [5.74, 6) is -2.20. The van der Waals surface area contributed by atoms with E-state index in [1.807, 2.05) is 0 Å². The van der Waals surface area contributed by atoms with Gasteiger partial charge in [-0.05, 0) is 42.0 Å². The molecule has 4 aromatic rings. The van der Waals surface area contributed by atoms with Crippen LogP contribution in [0.3, 0.4) is 0 Å². The van der Waals surface area contributed by atoms with E-state index in [0.29, 0.717) is 11.2 Å². The van der Waals surface area contributed by atoms with Gasteiger partial charge in [0.05, 0.1) is 22.5 Å². The lowest BCUT2D eigenvalue weighted by Gasteiger charge is -2.12. The van der Waals surface area contributed by atoms with Crippen molar-refractivity contribution in [1.82, 2.24) is 19.9 Å². The van der Waals surface area contributed by atoms with Crippen molar-refractivity contribution in [2.75, 3.05) is 5.32 Å². The Morgan fingerprint density at radius 3 is 2.47 bits per heavy atom. The molecular formula is C23H16ClF4N5O3. The summed E-state index contributed by atoms with van der Waals surface area (Å²) in [5.41, 5.74) is 0.611. The number of amides is 2. The normalized spacial score (nSPS) is 11.4. The Hall–Kier alpha value is -4.19. The Bertz CT molecular complexity index is 1450. The van der Waals surface area contributed by atoms with Gasteiger partial charge >= 0.3 is 6.36 Å². The Morgan fingerprint density at radius 2 is 1.81 bits per heavy atom. The number of hydrogen-bond donors (Lipinski definition) is 2. The van der Waals surface area contributed by atoms with E-state index in [4.69, 9.17) is 11.6 Å². The molecule has 0 saturated heterocycles. The molecule has 0 atom stereocenters. The van der Waals surface area contributed by atoms with Crippen LogP contribution in [-0.4, -0.2) is 32.8 Å². The SMILES string of the molecule is CC(=O)Nc1cn2nc(-c3ccc(Cl)c(C(=O)NCc4ccc(OC(F)(F)F)cc4)c3F)ccc2n1. The molecule has 0 aliphatic heterocycles. The fourth-order valence-corrected chi connectivity index (χ4v) is 3.54. The molecule has 2 aromatic carbocycles. The van der Waals surface area contributed by atoms with Crippen molar-refractivity contribution in [2.24, 2.45) is 0 Å². The van der Waals surface area contributed by atoms with E-state index in [-0.39, 0.29) is 34.5 Å². The maximum Gasteiger partial charge on any atom is 0.573 e. The summed E-state index contributed by atoms with van der Waals surface area (Å²) in [6.45, 7) is 1.23. The van der Waals surface area contributed by atoms with Crippen molar-refractivity contribution in [2.45, 2.75) is 19.8 Å². The standard InChI is InChI=1S/C23H16ClF4N5O3/c1-12(34)30-18-11-33-19(31-18)9-8-17(32-33)15-6-7-16(24)20(21(15)25)22(35)29-10-13-2-4-14(5-3-13)36-23(26,27)28/h2-9,11H,10H2,1H3,(H,29,35)(H,30,34). The molecule has 0 radical (unpaired) electrons. The van der Waals surface area contributed by atoms with Crippen molar-refractivity contribution in [3.63, 3.8) is 0 Å². The van der Waals surface area contributed by atoms with E-state index in [1.54, 1.807) is 6.07 Å². The molecule has 4 rings (SSSR count). The van der Waals surface area contributed by atoms with Crippen LogP contribution >= 0.6 is 11.6 Å². The van der Waals surface area contributed by atoms with E-state index >= 15 is 4.39 Å². The van der Waals surface area contributed by atoms with Gasteiger partial charge in [-0.25, -0.2) is 13.9 Å². The van der Waals surface area contributed by atoms with Crippen LogP contribution in [0.4, 0.5) is 23.4 Å². The maximum absolute atomic E-state index is 15.4. The van der Waals surface area contributed by atoms with Gasteiger partial charge in [0.15, 0.2) is 11.5 Å². The number of nitrogens with one attached hydrogen (secondary N) is 2. The molecule has 8 nitrogen and oxygen atoms in total. The van der Waals surface area contributed by atoms with Gasteiger partial charge in [-0.3, -0.25) is 9.59 Å². The van der Waals surface area contributed by atoms with Crippen LogP contribution in [0, 0.1) is 5.82 Å². The van der Waals surface area contributed by atoms with E-state index in [9.17, 15) is 22.8 Å². The minimum Gasteiger partial charge on any atom is -0.406 e. The summed E-state index contributed by atoms with van der Waals surface area (Å²) in [5, 5.41) is 9.16. The predicted molar refractivity (Wildman–Crippen MR) is 122 cm³/mol. The maximum atomic E-state index is 15.4. The smallest absolute Gasteiger partial charge is 0.406 e. The van der Waals surface area contributed by atoms with E-state index in [0.717, 1.165) is 12.1 Å². The van der Waals surface area contributed by atoms with Gasteiger partial charge in [0, 0.05) is 19.0 Å². The molecule has 0 aliphatic carbocycles. The molecule has 0 aliphatic rings. The fourth-order valence-electron chi connectivity index (χ4n) is 3.30. The topological polar surface area (TPSA) is 97.6 Å². The van der Waals surface area contributed by atoms with Gasteiger partial charge in [0.25, 0.3) is 5.91 Å². The third kappa shape index (κ3) is 5.71. The van der Waals surface area contributed by atoms with Crippen molar-refractivity contribution in [3.8, 4) is 17.0 Å². The number of imidazole rings is 1. The number of ether oxygens (including phenoxy) is 1. The first-order chi connectivity index (χ1) is 17.0. The zero-order chi connectivity index (χ0) is 26.0. The van der Waals surface area contributed by atoms with Crippen LogP contribution in [0.1, 0.15) is 22.8 Å². The first-order valence-electron chi connectivity index (χ1n) is 10.3. The molecule has 0 spiro atoms. The summed E-state index contributed by atoms with van der Waals surface area (Å²) in [6.07, 6.45) is -3.37. The van der Waals surface area contributed by atoms with E-state index < -0.39 is 29.4 Å². The van der Waals surface area contributed by atoms with Gasteiger partial charge < -0.3 is 15.4 Å². The second kappa shape index (κ2) is 9.82. The highest BCUT2D eigenvalue weighted by Crippen LogP contribution is 2.29. The van der Waals surface area contributed by atoms with Crippen LogP contribution < -0.4 is 15.4 Å². The van der Waals surface area contributed by atoms with Gasteiger partial charge in [-0.1, -0.05) is 23.7 Å². The van der Waals surface area contributed by atoms with Crippen LogP contribution in [0.25, 0.3) is 16.9 Å². The van der Waals surface area contributed by atoms with Gasteiger partial charge in [0.1, 0.15) is 11.6 Å². The Balaban J connectivity index is 1.54. The molecule has 0 unspecified atom stereocenters. The number of anilines is 1. The van der Waals surface area contributed by atoms with Crippen LogP contribution in [0.2, 0.25) is 5.02 Å². The summed E-state index contributed by atoms with van der Waals surface area (Å²) < 4.78 is 57.4. The number of halogens is 5. The lowest BCUT2D eigenvalue weighted by atomic mass is 10.1. The van der Waals surface area contributed by atoms with Gasteiger partial charge in [-0.15, -0.1) is 13.2 Å². The number of benzene rings is 2. The zero-order valence-electron chi connectivity index (χ0n) is 18.4. The number of aromatic nitrogens is 3. The Morgan fingerprint density at radius 1 is 1.08 bits per heavy atom. The van der Waals surface area contributed by atoms with Crippen molar-refractivity contribution in [3.05, 3.63) is 76.7 Å². The second-order valence-corrected chi connectivity index (χ2v) is 7.89. The minimum absolute atomic E-state index is 0.00474. The quantitative estimate of drug-likeness (QED) is 0.349. The van der Waals surface area contributed by atoms with Crippen molar-refractivity contribution < 1.29 is 31.9 Å². The molecule has 2 aromatic heterocycles. The van der Waals surface area contributed by atoms with Crippen molar-refractivity contribution >= 4 is 34.9 Å². The lowest BCUT2D eigenvalue weighted by Crippen LogP contribution is -2.24. The number of fused-ring (bicyclic) bond motifs is 1. The minimum atomic E-state index is -4.82. The van der Waals surface area contributed by atoms with E-state index in [2.05, 4.69) is 25.5 Å². The van der Waals surface area contributed by atoms with E-state index in [1.165, 1.54) is 48.0 Å². The highest BCUT2D eigenvalue weighted by atomic mass is 35.5. The number of alkyl halides is 3. The molecule has 0 saturated carbocycles. The molecule has 2 heterocycles. The molecule has 0 fully saturated rings. The molecule has 2 N–H and O–H groups in total. The molecule has 36 heavy (non-hydrogen) atoms. The second-order valence-electron chi connectivity index (χ2n) is 7.49. The summed E-state index contributed by atoms with van der Waals surface area (Å²) in [6, 6.07) is 10.6. The molecule has 2 amide bonds. The zero-order valence-corrected chi connectivity index (χ0v) is 19.1. The number of carbonyl (C=O) groups is 2. The molecular weight excluding hydrogens is 506 g/mol. The first-order valence-corrected chi connectivity index (χ1v) is 10.6. The van der Waals surface area contributed by atoms with Crippen LogP contribution in [-0.2, 0) is 11.3 Å². The number of rotatable bonds is 6. The number of hydrogen-bond acceptors (Lipinski definition) is 5. The fraction of sp³-hybridized carbons (Fsp3) is 0.130. The average molecular weight is 522 g/mol. The Kier molecular flexibility index (Phi) is 6.80. The largest absolute Gasteiger partial charge is 0.573 e. The summed E-state index contributed by atoms with van der Waals surface area (Å²) in [4.78, 5) is 28.1. The predicted octanol–water partition coefficient (Wildman–Crippen LogP) is 4.98. The van der Waals surface area contributed by atoms with Gasteiger partial charge in [-0.2, -0.15) is 5.10 Å². The molecule has 0 bridgehead atoms. The first kappa shape index (κ1) is 24.9. The third-order valence-electron chi connectivity index (χ3n) is 4.83. The number of nitrogens with zero attached hydrogens (tertiary/aromatic N) is 3. The highest BCUT2D eigenvalue weighted by Gasteiger charge is 2.31. The average Bonchev–Trinajstić information content (AvgIpc) is 3.18. The Labute approximate surface area is 205 Å². The third-order valence-corrected chi connectivity index (χ3v) is 5.14. The monoisotopic (exact) mass is 521 g/mol. The van der Waals surface area contributed by atoms with Crippen LogP contribution in [0.15, 0.2) is 54.7 Å². The highest BCUT2D eigenvalue weighted by molar-refractivity contribution is 6.34. The van der Waals surface area contributed by atoms with Crippen molar-refractivity contribution in [1.29, 1.82) is 0 Å². The molecule has 186 valence electrons. The summed E-state index contributed by atoms with van der Waals surface area (Å²) >= 11 is 6.09. The molecule has 13 heteroatoms. The number of carbonyl (C=O) groups excluding carboxylic acids is 2. The van der Waals surface area contributed by atoms with Gasteiger partial charge in [0.2, 0.25) is 5.91 Å². The summed E-state index contributed by atoms with van der Waals surface area (Å²) in [7, 11) is 0. The van der Waals surface area contributed by atoms with Crippen LogP contribution in [0.5, 0.6) is 5.75 Å². The lowest BCUT2D eigenvalue weighted by molar-refractivity contribution is -0.274.